The summed E-state index contributed by atoms with van der Waals surface area (Å²) >= 11 is 14.9. The van der Waals surface area contributed by atoms with Gasteiger partial charge < -0.3 is 5.11 Å². The first-order chi connectivity index (χ1) is 21.9. The molecule has 5 nitrogen and oxygen atoms in total. The molecule has 46 heavy (non-hydrogen) atoms. The Morgan fingerprint density at radius 3 is 1.67 bits per heavy atom. The third kappa shape index (κ3) is 25.2. The molecule has 0 fully saturated rings. The molecule has 0 rings (SSSR count). The summed E-state index contributed by atoms with van der Waals surface area (Å²) in [5.41, 5.74) is 0. The molecule has 0 aliphatic heterocycles. The van der Waals surface area contributed by atoms with E-state index in [1.54, 1.807) is 18.7 Å². The predicted octanol–water partition coefficient (Wildman–Crippen LogP) is 12.2. The monoisotopic (exact) mass is 753 g/mol. The number of sulfone groups is 1. The summed E-state index contributed by atoms with van der Waals surface area (Å²) in [6.45, 7) is 8.02. The van der Waals surface area contributed by atoms with Crippen molar-refractivity contribution in [3.05, 3.63) is 0 Å². The number of aliphatic carboxylic acids is 1. The minimum atomic E-state index is -3.66. The van der Waals surface area contributed by atoms with Gasteiger partial charge in [-0.15, -0.1) is 23.5 Å². The number of hydrogen-bond acceptors (Lipinski definition) is 9. The Kier molecular flexibility index (Phi) is 29.0. The van der Waals surface area contributed by atoms with Crippen LogP contribution in [0.3, 0.4) is 0 Å². The Bertz CT molecular complexity index is 984. The number of nitrogens with zero attached hydrogens (tertiary/aromatic N) is 1. The normalized spacial score (nSPS) is 14.3. The van der Waals surface area contributed by atoms with Crippen LogP contribution in [0.2, 0.25) is 0 Å². The van der Waals surface area contributed by atoms with Crippen molar-refractivity contribution in [1.82, 2.24) is 0 Å². The Hall–Kier alpha value is 0.140. The Morgan fingerprint density at radius 1 is 0.804 bits per heavy atom. The highest BCUT2D eigenvalue weighted by Gasteiger charge is 2.37. The average molecular weight is 754 g/mol. The van der Waals surface area contributed by atoms with Crippen molar-refractivity contribution in [1.29, 1.82) is 5.26 Å². The number of carbonyl (C=O) groups is 1. The number of thiocarbonyl (C=S) groups is 2. The fourth-order valence-electron chi connectivity index (χ4n) is 5.35. The molecule has 0 aromatic carbocycles. The third-order valence-electron chi connectivity index (χ3n) is 8.18. The van der Waals surface area contributed by atoms with Crippen molar-refractivity contribution in [3.8, 4) is 6.07 Å². The number of nitriles is 1. The zero-order chi connectivity index (χ0) is 34.7. The number of thioether (sulfide) groups is 3. The maximum absolute atomic E-state index is 12.9. The van der Waals surface area contributed by atoms with Gasteiger partial charge in [-0.25, -0.2) is 8.42 Å². The molecule has 0 heterocycles. The van der Waals surface area contributed by atoms with E-state index >= 15 is 0 Å². The SMILES string of the molecule is CCCCCCCCCCCCSC(=S)SC(C)CC(CC(C)(C#N)SC(=S)S(=O)(=O)CCCCCCCCCCCC)C(=O)O. The number of rotatable bonds is 29. The van der Waals surface area contributed by atoms with Crippen LogP contribution in [0.5, 0.6) is 0 Å². The zero-order valence-electron chi connectivity index (χ0n) is 29.2. The van der Waals surface area contributed by atoms with Gasteiger partial charge in [0.15, 0.2) is 13.4 Å². The van der Waals surface area contributed by atoms with E-state index < -0.39 is 26.5 Å². The summed E-state index contributed by atoms with van der Waals surface area (Å²) in [6.07, 6.45) is 24.4. The van der Waals surface area contributed by atoms with Crippen molar-refractivity contribution in [2.24, 2.45) is 5.92 Å². The van der Waals surface area contributed by atoms with E-state index in [1.165, 1.54) is 108 Å². The predicted molar refractivity (Wildman–Crippen MR) is 214 cm³/mol. The van der Waals surface area contributed by atoms with Gasteiger partial charge in [0.05, 0.1) is 17.7 Å². The molecule has 0 spiro atoms. The quantitative estimate of drug-likeness (QED) is 0.0587. The van der Waals surface area contributed by atoms with E-state index in [2.05, 4.69) is 19.9 Å². The highest BCUT2D eigenvalue weighted by molar-refractivity contribution is 8.47. The first-order valence-electron chi connectivity index (χ1n) is 17.8. The van der Waals surface area contributed by atoms with Gasteiger partial charge >= 0.3 is 5.97 Å². The number of carboxylic acids is 1. The summed E-state index contributed by atoms with van der Waals surface area (Å²) in [5.74, 6) is -0.841. The molecular weight excluding hydrogens is 691 g/mol. The van der Waals surface area contributed by atoms with Gasteiger partial charge in [-0.3, -0.25) is 4.79 Å². The number of carboxylic acid groups (broad SMARTS) is 1. The molecule has 0 aliphatic carbocycles. The molecule has 0 saturated heterocycles. The lowest BCUT2D eigenvalue weighted by Crippen LogP contribution is -2.31. The minimum Gasteiger partial charge on any atom is -0.481 e. The minimum absolute atomic E-state index is 0.0147. The molecule has 0 amide bonds. The summed E-state index contributed by atoms with van der Waals surface area (Å²) in [6, 6.07) is 2.16. The van der Waals surface area contributed by atoms with E-state index in [-0.39, 0.29) is 21.0 Å². The maximum atomic E-state index is 12.9. The zero-order valence-corrected chi connectivity index (χ0v) is 34.1. The van der Waals surface area contributed by atoms with E-state index in [1.807, 2.05) is 6.92 Å². The number of unbranched alkanes of at least 4 members (excludes halogenated alkanes) is 18. The molecule has 11 heteroatoms. The molecule has 3 unspecified atom stereocenters. The Balaban J connectivity index is 4.50. The standard InChI is InChI=1S/C35H63NO4S6/c1-5-7-9-11-13-15-17-19-21-23-25-43-33(41)44-30(3)27-31(32(37)38)28-35(4,29-36)45-34(42)46(39,40)26-24-22-20-18-16-14-12-10-8-6-2/h30-31H,5-28H2,1-4H3,(H,37,38). The molecule has 0 aromatic rings. The highest BCUT2D eigenvalue weighted by Crippen LogP contribution is 2.37. The van der Waals surface area contributed by atoms with Crippen molar-refractivity contribution >= 4 is 82.6 Å². The van der Waals surface area contributed by atoms with Crippen LogP contribution in [0, 0.1) is 17.2 Å². The van der Waals surface area contributed by atoms with Crippen molar-refractivity contribution < 1.29 is 18.3 Å². The van der Waals surface area contributed by atoms with E-state index in [0.29, 0.717) is 12.8 Å². The van der Waals surface area contributed by atoms with Crippen LogP contribution in [0.15, 0.2) is 0 Å². The smallest absolute Gasteiger partial charge is 0.306 e. The molecule has 0 bridgehead atoms. The van der Waals surface area contributed by atoms with Crippen LogP contribution in [-0.4, -0.2) is 48.1 Å². The third-order valence-corrected chi connectivity index (χ3v) is 15.2. The summed E-state index contributed by atoms with van der Waals surface area (Å²) in [5, 5.41) is 19.9. The lowest BCUT2D eigenvalue weighted by Gasteiger charge is -2.26. The molecule has 3 atom stereocenters. The second kappa shape index (κ2) is 28.9. The largest absolute Gasteiger partial charge is 0.481 e. The molecule has 0 aliphatic rings. The summed E-state index contributed by atoms with van der Waals surface area (Å²) in [7, 11) is -3.66. The van der Waals surface area contributed by atoms with E-state index in [0.717, 1.165) is 46.7 Å². The van der Waals surface area contributed by atoms with Crippen LogP contribution in [0.4, 0.5) is 0 Å². The van der Waals surface area contributed by atoms with Gasteiger partial charge in [0.1, 0.15) is 8.28 Å². The van der Waals surface area contributed by atoms with Gasteiger partial charge in [0.2, 0.25) is 0 Å². The molecule has 0 saturated carbocycles. The van der Waals surface area contributed by atoms with Gasteiger partial charge in [-0.05, 0) is 38.4 Å². The second-order valence-corrected chi connectivity index (χ2v) is 21.4. The van der Waals surface area contributed by atoms with Gasteiger partial charge in [-0.1, -0.05) is 173 Å². The average Bonchev–Trinajstić information content (AvgIpc) is 3.00. The maximum Gasteiger partial charge on any atom is 0.306 e. The second-order valence-electron chi connectivity index (χ2n) is 12.9. The van der Waals surface area contributed by atoms with E-state index in [4.69, 9.17) is 24.4 Å². The highest BCUT2D eigenvalue weighted by atomic mass is 32.3. The fourth-order valence-corrected chi connectivity index (χ4v) is 11.8. The lowest BCUT2D eigenvalue weighted by atomic mass is 9.92. The van der Waals surface area contributed by atoms with Crippen LogP contribution >= 0.6 is 59.7 Å². The Morgan fingerprint density at radius 2 is 1.24 bits per heavy atom. The van der Waals surface area contributed by atoms with Gasteiger partial charge in [-0.2, -0.15) is 5.26 Å². The molecule has 1 N–H and O–H groups in total. The van der Waals surface area contributed by atoms with Crippen LogP contribution in [0.1, 0.15) is 169 Å². The molecule has 268 valence electrons. The molecule has 0 aromatic heterocycles. The van der Waals surface area contributed by atoms with Gasteiger partial charge in [0, 0.05) is 5.25 Å². The Labute approximate surface area is 306 Å². The molecular formula is C35H63NO4S6. The summed E-state index contributed by atoms with van der Waals surface area (Å²) in [4.78, 5) is 12.2. The number of hydrogen-bond donors (Lipinski definition) is 1. The fraction of sp³-hybridized carbons (Fsp3) is 0.886. The van der Waals surface area contributed by atoms with Crippen LogP contribution < -0.4 is 0 Å². The topological polar surface area (TPSA) is 95.2 Å². The van der Waals surface area contributed by atoms with Crippen molar-refractivity contribution in [3.63, 3.8) is 0 Å². The lowest BCUT2D eigenvalue weighted by molar-refractivity contribution is -0.142. The van der Waals surface area contributed by atoms with Gasteiger partial charge in [0.25, 0.3) is 0 Å². The van der Waals surface area contributed by atoms with Crippen molar-refractivity contribution in [2.75, 3.05) is 11.5 Å². The first kappa shape index (κ1) is 46.1. The first-order valence-corrected chi connectivity index (χ1v) is 23.0. The van der Waals surface area contributed by atoms with Crippen LogP contribution in [0.25, 0.3) is 0 Å². The molecule has 0 radical (unpaired) electrons. The van der Waals surface area contributed by atoms with E-state index in [9.17, 15) is 23.6 Å². The van der Waals surface area contributed by atoms with Crippen LogP contribution in [-0.2, 0) is 14.6 Å². The summed E-state index contributed by atoms with van der Waals surface area (Å²) < 4.78 is 25.1. The van der Waals surface area contributed by atoms with Crippen molar-refractivity contribution in [2.45, 2.75) is 179 Å².